The third-order valence-electron chi connectivity index (χ3n) is 4.39. The Bertz CT molecular complexity index is 942. The van der Waals surface area contributed by atoms with E-state index in [1.165, 1.54) is 0 Å². The van der Waals surface area contributed by atoms with Crippen LogP contribution in [0.4, 0.5) is 0 Å². The van der Waals surface area contributed by atoms with Crippen molar-refractivity contribution in [3.63, 3.8) is 0 Å². The van der Waals surface area contributed by atoms with Crippen molar-refractivity contribution in [1.82, 2.24) is 5.16 Å². The number of Topliss-reactive ketones (excluding diaryl/α,β-unsaturated/α-hetero) is 1. The second-order valence-electron chi connectivity index (χ2n) is 6.08. The van der Waals surface area contributed by atoms with E-state index in [0.29, 0.717) is 16.8 Å². The Hall–Kier alpha value is -2.95. The summed E-state index contributed by atoms with van der Waals surface area (Å²) in [5, 5.41) is 4.69. The van der Waals surface area contributed by atoms with E-state index < -0.39 is 5.97 Å². The molecule has 0 saturated heterocycles. The number of benzene rings is 2. The highest BCUT2D eigenvalue weighted by molar-refractivity contribution is 5.99. The van der Waals surface area contributed by atoms with Crippen molar-refractivity contribution in [3.8, 4) is 0 Å². The summed E-state index contributed by atoms with van der Waals surface area (Å²) in [6.07, 6.45) is 1.58. The molecule has 2 aromatic carbocycles. The van der Waals surface area contributed by atoms with Crippen LogP contribution in [-0.2, 0) is 28.8 Å². The molecule has 1 aromatic heterocycles. The molecule has 0 unspecified atom stereocenters. The first-order valence-electron chi connectivity index (χ1n) is 8.76. The predicted octanol–water partition coefficient (Wildman–Crippen LogP) is 3.92. The van der Waals surface area contributed by atoms with Crippen LogP contribution in [0.5, 0.6) is 0 Å². The molecule has 3 aromatic rings. The minimum Gasteiger partial charge on any atom is -0.457 e. The number of fused-ring (bicyclic) bond motifs is 1. The molecular weight excluding hydrogens is 330 g/mol. The van der Waals surface area contributed by atoms with Crippen molar-refractivity contribution in [2.75, 3.05) is 6.61 Å². The van der Waals surface area contributed by atoms with Crippen LogP contribution < -0.4 is 0 Å². The lowest BCUT2D eigenvalue weighted by Crippen LogP contribution is -2.17. The number of rotatable bonds is 7. The number of nitrogens with zero attached hydrogens (tertiary/aromatic N) is 1. The van der Waals surface area contributed by atoms with Crippen molar-refractivity contribution in [1.29, 1.82) is 0 Å². The van der Waals surface area contributed by atoms with Gasteiger partial charge >= 0.3 is 5.97 Å². The highest BCUT2D eigenvalue weighted by atomic mass is 16.5. The second kappa shape index (κ2) is 7.95. The molecule has 0 aliphatic rings. The Morgan fingerprint density at radius 1 is 1.08 bits per heavy atom. The van der Waals surface area contributed by atoms with Crippen molar-refractivity contribution in [2.24, 2.45) is 0 Å². The first-order chi connectivity index (χ1) is 12.6. The Labute approximate surface area is 151 Å². The Morgan fingerprint density at radius 2 is 1.88 bits per heavy atom. The summed E-state index contributed by atoms with van der Waals surface area (Å²) in [4.78, 5) is 24.6. The highest BCUT2D eigenvalue weighted by Gasteiger charge is 2.16. The standard InChI is InChI=1S/C21H21NO4/c1-3-14-9-10-15(4-2)17(11-14)19(23)13-25-21(24)12-18-16-7-5-6-8-20(16)26-22-18/h5-11H,3-4,12-13H2,1-2H3. The molecule has 5 heteroatoms. The number of ether oxygens (including phenoxy) is 1. The van der Waals surface area contributed by atoms with Gasteiger partial charge in [0.1, 0.15) is 5.69 Å². The summed E-state index contributed by atoms with van der Waals surface area (Å²) < 4.78 is 10.4. The first kappa shape index (κ1) is 17.9. The van der Waals surface area contributed by atoms with Crippen LogP contribution in [0.25, 0.3) is 11.0 Å². The largest absolute Gasteiger partial charge is 0.457 e. The maximum Gasteiger partial charge on any atom is 0.312 e. The number of aromatic nitrogens is 1. The third-order valence-corrected chi connectivity index (χ3v) is 4.39. The average molecular weight is 351 g/mol. The number of hydrogen-bond donors (Lipinski definition) is 0. The number of ketones is 1. The summed E-state index contributed by atoms with van der Waals surface area (Å²) in [5.74, 6) is -0.683. The second-order valence-corrected chi connectivity index (χ2v) is 6.08. The molecule has 5 nitrogen and oxygen atoms in total. The maximum absolute atomic E-state index is 12.5. The van der Waals surface area contributed by atoms with E-state index >= 15 is 0 Å². The van der Waals surface area contributed by atoms with Crippen LogP contribution in [-0.4, -0.2) is 23.5 Å². The number of para-hydroxylation sites is 1. The first-order valence-corrected chi connectivity index (χ1v) is 8.76. The van der Waals surface area contributed by atoms with E-state index in [2.05, 4.69) is 5.16 Å². The van der Waals surface area contributed by atoms with Gasteiger partial charge in [0.05, 0.1) is 6.42 Å². The number of hydrogen-bond acceptors (Lipinski definition) is 5. The Balaban J connectivity index is 1.65. The van der Waals surface area contributed by atoms with Gasteiger partial charge in [0.2, 0.25) is 5.78 Å². The number of esters is 1. The lowest BCUT2D eigenvalue weighted by Gasteiger charge is -2.09. The molecule has 0 fully saturated rings. The zero-order valence-electron chi connectivity index (χ0n) is 15.0. The molecule has 134 valence electrons. The molecule has 0 amide bonds. The maximum atomic E-state index is 12.5. The van der Waals surface area contributed by atoms with E-state index in [9.17, 15) is 9.59 Å². The number of carbonyl (C=O) groups is 2. The van der Waals surface area contributed by atoms with Gasteiger partial charge in [-0.15, -0.1) is 0 Å². The summed E-state index contributed by atoms with van der Waals surface area (Å²) >= 11 is 0. The molecule has 0 saturated carbocycles. The third kappa shape index (κ3) is 3.82. The zero-order chi connectivity index (χ0) is 18.5. The van der Waals surface area contributed by atoms with Gasteiger partial charge in [0, 0.05) is 10.9 Å². The molecule has 3 rings (SSSR count). The quantitative estimate of drug-likeness (QED) is 0.477. The van der Waals surface area contributed by atoms with E-state index in [1.54, 1.807) is 6.07 Å². The fourth-order valence-electron chi connectivity index (χ4n) is 2.89. The lowest BCUT2D eigenvalue weighted by molar-refractivity contribution is -0.141. The summed E-state index contributed by atoms with van der Waals surface area (Å²) in [5.41, 5.74) is 3.82. The van der Waals surface area contributed by atoms with Gasteiger partial charge in [-0.2, -0.15) is 0 Å². The van der Waals surface area contributed by atoms with E-state index in [1.807, 2.05) is 50.2 Å². The Morgan fingerprint density at radius 3 is 2.65 bits per heavy atom. The van der Waals surface area contributed by atoms with Gasteiger partial charge in [-0.25, -0.2) is 0 Å². The number of aryl methyl sites for hydroxylation is 2. The van der Waals surface area contributed by atoms with E-state index in [0.717, 1.165) is 29.4 Å². The monoisotopic (exact) mass is 351 g/mol. The van der Waals surface area contributed by atoms with Crippen LogP contribution >= 0.6 is 0 Å². The molecule has 0 aliphatic heterocycles. The average Bonchev–Trinajstić information content (AvgIpc) is 3.08. The van der Waals surface area contributed by atoms with Crippen LogP contribution in [0.2, 0.25) is 0 Å². The van der Waals surface area contributed by atoms with Crippen LogP contribution in [0, 0.1) is 0 Å². The van der Waals surface area contributed by atoms with Crippen molar-refractivity contribution >= 4 is 22.7 Å². The molecule has 0 aliphatic carbocycles. The van der Waals surface area contributed by atoms with Gasteiger partial charge in [0.15, 0.2) is 12.2 Å². The van der Waals surface area contributed by atoms with Gasteiger partial charge in [0.25, 0.3) is 0 Å². The molecule has 0 spiro atoms. The van der Waals surface area contributed by atoms with Gasteiger partial charge in [-0.3, -0.25) is 9.59 Å². The SMILES string of the molecule is CCc1ccc(CC)c(C(=O)COC(=O)Cc2noc3ccccc23)c1. The Kier molecular flexibility index (Phi) is 5.46. The molecular formula is C21H21NO4. The lowest BCUT2D eigenvalue weighted by atomic mass is 9.98. The highest BCUT2D eigenvalue weighted by Crippen LogP contribution is 2.19. The topological polar surface area (TPSA) is 69.4 Å². The molecule has 0 bridgehead atoms. The van der Waals surface area contributed by atoms with Gasteiger partial charge < -0.3 is 9.26 Å². The van der Waals surface area contributed by atoms with E-state index in [4.69, 9.17) is 9.26 Å². The molecule has 0 radical (unpaired) electrons. The summed E-state index contributed by atoms with van der Waals surface area (Å²) in [6, 6.07) is 13.2. The van der Waals surface area contributed by atoms with Crippen molar-refractivity contribution < 1.29 is 18.8 Å². The van der Waals surface area contributed by atoms with Crippen molar-refractivity contribution in [2.45, 2.75) is 33.1 Å². The fraction of sp³-hybridized carbons (Fsp3) is 0.286. The zero-order valence-corrected chi connectivity index (χ0v) is 15.0. The van der Waals surface area contributed by atoms with E-state index in [-0.39, 0.29) is 18.8 Å². The van der Waals surface area contributed by atoms with Crippen molar-refractivity contribution in [3.05, 3.63) is 64.8 Å². The molecule has 26 heavy (non-hydrogen) atoms. The normalized spacial score (nSPS) is 10.8. The van der Waals surface area contributed by atoms with Crippen LogP contribution in [0.3, 0.4) is 0 Å². The molecule has 1 heterocycles. The summed E-state index contributed by atoms with van der Waals surface area (Å²) in [7, 11) is 0. The molecule has 0 atom stereocenters. The minimum atomic E-state index is -0.498. The van der Waals surface area contributed by atoms with Gasteiger partial charge in [-0.1, -0.05) is 43.3 Å². The molecule has 0 N–H and O–H groups in total. The minimum absolute atomic E-state index is 0.0278. The van der Waals surface area contributed by atoms with Crippen LogP contribution in [0.1, 0.15) is 41.0 Å². The van der Waals surface area contributed by atoms with Crippen LogP contribution in [0.15, 0.2) is 47.0 Å². The smallest absolute Gasteiger partial charge is 0.312 e. The predicted molar refractivity (Wildman–Crippen MR) is 98.2 cm³/mol. The number of carbonyl (C=O) groups excluding carboxylic acids is 2. The summed E-state index contributed by atoms with van der Waals surface area (Å²) in [6.45, 7) is 3.77. The fourth-order valence-corrected chi connectivity index (χ4v) is 2.89. The van der Waals surface area contributed by atoms with Gasteiger partial charge in [-0.05, 0) is 42.2 Å².